The second-order valence-electron chi connectivity index (χ2n) is 4.97. The number of nitrogens with one attached hydrogen (secondary N) is 1. The van der Waals surface area contributed by atoms with Gasteiger partial charge in [-0.15, -0.1) is 0 Å². The van der Waals surface area contributed by atoms with Crippen LogP contribution in [0.3, 0.4) is 0 Å². The number of aryl methyl sites for hydroxylation is 1. The third-order valence-corrected chi connectivity index (χ3v) is 3.76. The Bertz CT molecular complexity index is 394. The van der Waals surface area contributed by atoms with E-state index >= 15 is 0 Å². The number of piperidine rings is 1. The molecule has 2 aliphatic rings. The molecule has 0 saturated carbocycles. The molecule has 2 aliphatic heterocycles. The highest BCUT2D eigenvalue weighted by atomic mass is 16.5. The third kappa shape index (κ3) is 1.71. The van der Waals surface area contributed by atoms with E-state index in [4.69, 9.17) is 4.74 Å². The van der Waals surface area contributed by atoms with E-state index in [9.17, 15) is 0 Å². The van der Waals surface area contributed by atoms with Gasteiger partial charge in [0.25, 0.3) is 0 Å². The minimum Gasteiger partial charge on any atom is -0.493 e. The standard InChI is InChI=1S/C14H19NO/c1-10-7-13(12-3-2-5-15-9-12)8-11-4-6-16-14(10)11/h7-8,12,15H,2-6,9H2,1H3. The maximum atomic E-state index is 5.66. The molecular formula is C14H19NO. The number of hydrogen-bond acceptors (Lipinski definition) is 2. The maximum absolute atomic E-state index is 5.66. The first-order valence-electron chi connectivity index (χ1n) is 6.31. The SMILES string of the molecule is Cc1cc(C2CCCNC2)cc2c1OCC2. The van der Waals surface area contributed by atoms with Gasteiger partial charge in [0.1, 0.15) is 5.75 Å². The van der Waals surface area contributed by atoms with Gasteiger partial charge in [-0.3, -0.25) is 0 Å². The summed E-state index contributed by atoms with van der Waals surface area (Å²) < 4.78 is 5.66. The lowest BCUT2D eigenvalue weighted by Crippen LogP contribution is -2.28. The van der Waals surface area contributed by atoms with E-state index in [-0.39, 0.29) is 0 Å². The summed E-state index contributed by atoms with van der Waals surface area (Å²) in [6.45, 7) is 5.36. The van der Waals surface area contributed by atoms with Crippen LogP contribution in [-0.2, 0) is 6.42 Å². The summed E-state index contributed by atoms with van der Waals surface area (Å²) in [5.74, 6) is 1.85. The summed E-state index contributed by atoms with van der Waals surface area (Å²) in [6.07, 6.45) is 3.72. The fraction of sp³-hybridized carbons (Fsp3) is 0.571. The minimum absolute atomic E-state index is 0.707. The molecule has 0 amide bonds. The van der Waals surface area contributed by atoms with Crippen LogP contribution in [0.15, 0.2) is 12.1 Å². The molecule has 0 radical (unpaired) electrons. The Balaban J connectivity index is 1.92. The summed E-state index contributed by atoms with van der Waals surface area (Å²) in [5, 5.41) is 3.49. The maximum Gasteiger partial charge on any atom is 0.125 e. The van der Waals surface area contributed by atoms with E-state index in [0.29, 0.717) is 5.92 Å². The van der Waals surface area contributed by atoms with E-state index in [1.54, 1.807) is 0 Å². The van der Waals surface area contributed by atoms with Gasteiger partial charge in [0.05, 0.1) is 6.61 Å². The highest BCUT2D eigenvalue weighted by Gasteiger charge is 2.20. The van der Waals surface area contributed by atoms with Gasteiger partial charge < -0.3 is 10.1 Å². The molecule has 0 bridgehead atoms. The molecular weight excluding hydrogens is 198 g/mol. The molecule has 3 rings (SSSR count). The normalized spacial score (nSPS) is 23.9. The topological polar surface area (TPSA) is 21.3 Å². The number of ether oxygens (including phenoxy) is 1. The third-order valence-electron chi connectivity index (χ3n) is 3.76. The molecule has 1 N–H and O–H groups in total. The van der Waals surface area contributed by atoms with Crippen molar-refractivity contribution >= 4 is 0 Å². The Hall–Kier alpha value is -1.02. The molecule has 16 heavy (non-hydrogen) atoms. The predicted molar refractivity (Wildman–Crippen MR) is 65.2 cm³/mol. The first-order chi connectivity index (χ1) is 7.84. The summed E-state index contributed by atoms with van der Waals surface area (Å²) in [4.78, 5) is 0. The van der Waals surface area contributed by atoms with E-state index in [1.165, 1.54) is 36.1 Å². The van der Waals surface area contributed by atoms with Crippen molar-refractivity contribution in [2.24, 2.45) is 0 Å². The second-order valence-corrected chi connectivity index (χ2v) is 4.97. The lowest BCUT2D eigenvalue weighted by molar-refractivity contribution is 0.354. The summed E-state index contributed by atoms with van der Waals surface area (Å²) in [7, 11) is 0. The molecule has 1 saturated heterocycles. The Labute approximate surface area is 97.0 Å². The minimum atomic E-state index is 0.707. The van der Waals surface area contributed by atoms with Crippen molar-refractivity contribution in [3.63, 3.8) is 0 Å². The molecule has 0 aromatic heterocycles. The van der Waals surface area contributed by atoms with Gasteiger partial charge in [0, 0.05) is 13.0 Å². The predicted octanol–water partition coefficient (Wildman–Crippen LogP) is 2.40. The summed E-state index contributed by atoms with van der Waals surface area (Å²) in [5.41, 5.74) is 4.24. The molecule has 1 aromatic carbocycles. The van der Waals surface area contributed by atoms with Crippen LogP contribution in [0.4, 0.5) is 0 Å². The molecule has 1 atom stereocenters. The van der Waals surface area contributed by atoms with E-state index in [2.05, 4.69) is 24.4 Å². The quantitative estimate of drug-likeness (QED) is 0.780. The van der Waals surface area contributed by atoms with Crippen LogP contribution in [0.1, 0.15) is 35.4 Å². The smallest absolute Gasteiger partial charge is 0.125 e. The highest BCUT2D eigenvalue weighted by Crippen LogP contribution is 2.34. The average Bonchev–Trinajstić information content (AvgIpc) is 2.79. The van der Waals surface area contributed by atoms with Crippen LogP contribution in [0.2, 0.25) is 0 Å². The monoisotopic (exact) mass is 217 g/mol. The van der Waals surface area contributed by atoms with Crippen molar-refractivity contribution in [2.45, 2.75) is 32.1 Å². The van der Waals surface area contributed by atoms with Crippen LogP contribution in [0.5, 0.6) is 5.75 Å². The molecule has 2 heterocycles. The molecule has 0 spiro atoms. The van der Waals surface area contributed by atoms with Crippen molar-refractivity contribution in [1.82, 2.24) is 5.32 Å². The number of rotatable bonds is 1. The number of hydrogen-bond donors (Lipinski definition) is 1. The van der Waals surface area contributed by atoms with Crippen molar-refractivity contribution in [1.29, 1.82) is 0 Å². The second kappa shape index (κ2) is 4.10. The van der Waals surface area contributed by atoms with Gasteiger partial charge in [-0.25, -0.2) is 0 Å². The zero-order valence-corrected chi connectivity index (χ0v) is 9.88. The Morgan fingerprint density at radius 1 is 1.38 bits per heavy atom. The zero-order chi connectivity index (χ0) is 11.0. The first kappa shape index (κ1) is 10.2. The van der Waals surface area contributed by atoms with Crippen LogP contribution in [0, 0.1) is 6.92 Å². The average molecular weight is 217 g/mol. The van der Waals surface area contributed by atoms with Gasteiger partial charge in [-0.1, -0.05) is 12.1 Å². The van der Waals surface area contributed by atoms with E-state index in [1.807, 2.05) is 0 Å². The van der Waals surface area contributed by atoms with Gasteiger partial charge in [-0.2, -0.15) is 0 Å². The Morgan fingerprint density at radius 3 is 3.12 bits per heavy atom. The molecule has 1 aromatic rings. The van der Waals surface area contributed by atoms with Crippen LogP contribution < -0.4 is 10.1 Å². The van der Waals surface area contributed by atoms with Crippen molar-refractivity contribution in [2.75, 3.05) is 19.7 Å². The molecule has 1 fully saturated rings. The largest absolute Gasteiger partial charge is 0.493 e. The first-order valence-corrected chi connectivity index (χ1v) is 6.31. The molecule has 1 unspecified atom stereocenters. The fourth-order valence-electron chi connectivity index (χ4n) is 2.90. The number of fused-ring (bicyclic) bond motifs is 1. The van der Waals surface area contributed by atoms with Gasteiger partial charge >= 0.3 is 0 Å². The van der Waals surface area contributed by atoms with E-state index < -0.39 is 0 Å². The number of benzene rings is 1. The van der Waals surface area contributed by atoms with Gasteiger partial charge in [0.15, 0.2) is 0 Å². The van der Waals surface area contributed by atoms with E-state index in [0.717, 1.165) is 25.3 Å². The lowest BCUT2D eigenvalue weighted by Gasteiger charge is -2.24. The Kier molecular flexibility index (Phi) is 2.60. The van der Waals surface area contributed by atoms with Crippen LogP contribution >= 0.6 is 0 Å². The molecule has 2 nitrogen and oxygen atoms in total. The van der Waals surface area contributed by atoms with Crippen molar-refractivity contribution in [3.8, 4) is 5.75 Å². The van der Waals surface area contributed by atoms with Gasteiger partial charge in [0.2, 0.25) is 0 Å². The summed E-state index contributed by atoms with van der Waals surface area (Å²) in [6, 6.07) is 4.69. The highest BCUT2D eigenvalue weighted by molar-refractivity contribution is 5.47. The zero-order valence-electron chi connectivity index (χ0n) is 9.88. The summed E-state index contributed by atoms with van der Waals surface area (Å²) >= 11 is 0. The van der Waals surface area contributed by atoms with Crippen LogP contribution in [-0.4, -0.2) is 19.7 Å². The van der Waals surface area contributed by atoms with Crippen molar-refractivity contribution in [3.05, 3.63) is 28.8 Å². The Morgan fingerprint density at radius 2 is 2.31 bits per heavy atom. The molecule has 2 heteroatoms. The lowest BCUT2D eigenvalue weighted by atomic mass is 9.89. The van der Waals surface area contributed by atoms with Crippen LogP contribution in [0.25, 0.3) is 0 Å². The molecule has 0 aliphatic carbocycles. The molecule has 86 valence electrons. The fourth-order valence-corrected chi connectivity index (χ4v) is 2.90. The van der Waals surface area contributed by atoms with Crippen molar-refractivity contribution < 1.29 is 4.74 Å². The van der Waals surface area contributed by atoms with Gasteiger partial charge in [-0.05, 0) is 48.9 Å².